The zero-order valence-electron chi connectivity index (χ0n) is 16.1. The number of phenols is 1. The van der Waals surface area contributed by atoms with Gasteiger partial charge in [0, 0.05) is 19.9 Å². The van der Waals surface area contributed by atoms with Crippen LogP contribution in [0.25, 0.3) is 54.7 Å². The number of fused-ring (bicyclic) bond motifs is 5. The van der Waals surface area contributed by atoms with Crippen LogP contribution in [0.2, 0.25) is 0 Å². The molecule has 0 aliphatic rings. The standard InChI is InChI=1S/C26H14Br2N2O/c27-15-6-8-17-14(11-15)5-10-24(31)25(17)20-13-23-26(18-9-7-16(28)12-19(18)20)30-22-4-2-1-3-21(22)29-23/h1-13,31H. The number of hydrogen-bond acceptors (Lipinski definition) is 3. The van der Waals surface area contributed by atoms with Gasteiger partial charge in [0.25, 0.3) is 0 Å². The van der Waals surface area contributed by atoms with E-state index in [9.17, 15) is 5.11 Å². The van der Waals surface area contributed by atoms with E-state index >= 15 is 0 Å². The largest absolute Gasteiger partial charge is 0.507 e. The number of nitrogens with zero attached hydrogens (tertiary/aromatic N) is 2. The van der Waals surface area contributed by atoms with Crippen LogP contribution in [-0.2, 0) is 0 Å². The molecule has 0 saturated heterocycles. The first-order chi connectivity index (χ1) is 15.1. The van der Waals surface area contributed by atoms with Gasteiger partial charge in [-0.15, -0.1) is 0 Å². The van der Waals surface area contributed by atoms with E-state index < -0.39 is 0 Å². The third kappa shape index (κ3) is 2.99. The average molecular weight is 530 g/mol. The summed E-state index contributed by atoms with van der Waals surface area (Å²) in [6.07, 6.45) is 0. The molecule has 1 heterocycles. The quantitative estimate of drug-likeness (QED) is 0.173. The second kappa shape index (κ2) is 7.01. The molecule has 0 radical (unpaired) electrons. The Labute approximate surface area is 194 Å². The highest BCUT2D eigenvalue weighted by atomic mass is 79.9. The maximum Gasteiger partial charge on any atom is 0.124 e. The summed E-state index contributed by atoms with van der Waals surface area (Å²) in [6.45, 7) is 0. The number of aromatic hydroxyl groups is 1. The van der Waals surface area contributed by atoms with Crippen molar-refractivity contribution in [3.63, 3.8) is 0 Å². The van der Waals surface area contributed by atoms with Gasteiger partial charge in [0.1, 0.15) is 5.75 Å². The molecule has 0 unspecified atom stereocenters. The number of aromatic nitrogens is 2. The van der Waals surface area contributed by atoms with E-state index in [0.29, 0.717) is 0 Å². The summed E-state index contributed by atoms with van der Waals surface area (Å²) in [5, 5.41) is 15.0. The predicted molar refractivity (Wildman–Crippen MR) is 135 cm³/mol. The number of halogens is 2. The fourth-order valence-electron chi connectivity index (χ4n) is 4.25. The van der Waals surface area contributed by atoms with Gasteiger partial charge in [0.2, 0.25) is 0 Å². The van der Waals surface area contributed by atoms with E-state index in [1.165, 1.54) is 0 Å². The first-order valence-electron chi connectivity index (χ1n) is 9.79. The average Bonchev–Trinajstić information content (AvgIpc) is 2.77. The molecule has 5 aromatic carbocycles. The molecule has 3 nitrogen and oxygen atoms in total. The van der Waals surface area contributed by atoms with Gasteiger partial charge in [-0.3, -0.25) is 0 Å². The summed E-state index contributed by atoms with van der Waals surface area (Å²) in [5.74, 6) is 0.240. The van der Waals surface area contributed by atoms with Gasteiger partial charge in [-0.05, 0) is 70.3 Å². The van der Waals surface area contributed by atoms with E-state index in [-0.39, 0.29) is 5.75 Å². The van der Waals surface area contributed by atoms with Crippen LogP contribution in [0.5, 0.6) is 5.75 Å². The number of para-hydroxylation sites is 2. The lowest BCUT2D eigenvalue weighted by Gasteiger charge is -2.15. The van der Waals surface area contributed by atoms with Crippen LogP contribution < -0.4 is 0 Å². The Morgan fingerprint density at radius 2 is 1.32 bits per heavy atom. The molecule has 0 bridgehead atoms. The maximum atomic E-state index is 10.9. The van der Waals surface area contributed by atoms with Crippen LogP contribution in [0.1, 0.15) is 0 Å². The van der Waals surface area contributed by atoms with E-state index in [2.05, 4.69) is 50.1 Å². The van der Waals surface area contributed by atoms with Gasteiger partial charge in [-0.2, -0.15) is 0 Å². The van der Waals surface area contributed by atoms with Crippen molar-refractivity contribution in [1.29, 1.82) is 0 Å². The van der Waals surface area contributed by atoms with E-state index in [0.717, 1.165) is 63.7 Å². The van der Waals surface area contributed by atoms with E-state index in [4.69, 9.17) is 9.97 Å². The minimum atomic E-state index is 0.240. The molecule has 0 aliphatic heterocycles. The summed E-state index contributed by atoms with van der Waals surface area (Å²) >= 11 is 7.17. The maximum absolute atomic E-state index is 10.9. The fraction of sp³-hybridized carbons (Fsp3) is 0. The second-order valence-electron chi connectivity index (χ2n) is 7.52. The third-order valence-corrected chi connectivity index (χ3v) is 6.62. The molecule has 31 heavy (non-hydrogen) atoms. The first kappa shape index (κ1) is 18.7. The molecule has 0 fully saturated rings. The van der Waals surface area contributed by atoms with E-state index in [1.54, 1.807) is 6.07 Å². The van der Waals surface area contributed by atoms with Crippen molar-refractivity contribution in [2.75, 3.05) is 0 Å². The highest BCUT2D eigenvalue weighted by Gasteiger charge is 2.17. The van der Waals surface area contributed by atoms with Gasteiger partial charge in [0.05, 0.1) is 22.1 Å². The molecule has 6 aromatic rings. The van der Waals surface area contributed by atoms with Crippen LogP contribution in [0.4, 0.5) is 0 Å². The van der Waals surface area contributed by atoms with Crippen LogP contribution in [-0.4, -0.2) is 15.1 Å². The van der Waals surface area contributed by atoms with Crippen LogP contribution in [0.15, 0.2) is 87.8 Å². The molecule has 1 aromatic heterocycles. The summed E-state index contributed by atoms with van der Waals surface area (Å²) in [7, 11) is 0. The second-order valence-corrected chi connectivity index (χ2v) is 9.35. The SMILES string of the molecule is Oc1ccc2cc(Br)ccc2c1-c1cc2nc3ccccc3nc2c2ccc(Br)cc12. The Hall–Kier alpha value is -3.02. The van der Waals surface area contributed by atoms with Gasteiger partial charge in [-0.25, -0.2) is 9.97 Å². The Bertz CT molecular complexity index is 1680. The van der Waals surface area contributed by atoms with E-state index in [1.807, 2.05) is 54.6 Å². The highest BCUT2D eigenvalue weighted by molar-refractivity contribution is 9.10. The number of rotatable bonds is 1. The topological polar surface area (TPSA) is 46.0 Å². The summed E-state index contributed by atoms with van der Waals surface area (Å²) in [5.41, 5.74) is 5.10. The third-order valence-electron chi connectivity index (χ3n) is 5.63. The Balaban J connectivity index is 1.82. The highest BCUT2D eigenvalue weighted by Crippen LogP contribution is 2.43. The molecule has 0 amide bonds. The molecule has 0 aliphatic carbocycles. The van der Waals surface area contributed by atoms with Crippen molar-refractivity contribution >= 4 is 75.5 Å². The molecule has 1 N–H and O–H groups in total. The molecular weight excluding hydrogens is 516 g/mol. The molecule has 148 valence electrons. The fourth-order valence-corrected chi connectivity index (χ4v) is 4.99. The van der Waals surface area contributed by atoms with Crippen molar-refractivity contribution < 1.29 is 5.11 Å². The smallest absolute Gasteiger partial charge is 0.124 e. The Kier molecular flexibility index (Phi) is 4.23. The van der Waals surface area contributed by atoms with Crippen LogP contribution in [0.3, 0.4) is 0 Å². The summed E-state index contributed by atoms with van der Waals surface area (Å²) < 4.78 is 1.97. The van der Waals surface area contributed by atoms with Gasteiger partial charge in [0.15, 0.2) is 0 Å². The normalized spacial score (nSPS) is 11.7. The predicted octanol–water partition coefficient (Wildman–Crippen LogP) is 7.99. The van der Waals surface area contributed by atoms with Gasteiger partial charge < -0.3 is 5.11 Å². The van der Waals surface area contributed by atoms with Gasteiger partial charge in [-0.1, -0.05) is 62.2 Å². The molecule has 0 atom stereocenters. The molecule has 0 spiro atoms. The zero-order chi connectivity index (χ0) is 21.1. The molecular formula is C26H14Br2N2O. The number of hydrogen-bond donors (Lipinski definition) is 1. The lowest BCUT2D eigenvalue weighted by atomic mass is 9.92. The minimum absolute atomic E-state index is 0.240. The van der Waals surface area contributed by atoms with Crippen molar-refractivity contribution in [3.8, 4) is 16.9 Å². The van der Waals surface area contributed by atoms with Gasteiger partial charge >= 0.3 is 0 Å². The first-order valence-corrected chi connectivity index (χ1v) is 11.4. The Morgan fingerprint density at radius 1 is 0.613 bits per heavy atom. The van der Waals surface area contributed by atoms with Crippen molar-refractivity contribution in [2.24, 2.45) is 0 Å². The lowest BCUT2D eigenvalue weighted by molar-refractivity contribution is 0.478. The van der Waals surface area contributed by atoms with Crippen LogP contribution in [0, 0.1) is 0 Å². The van der Waals surface area contributed by atoms with Crippen molar-refractivity contribution in [1.82, 2.24) is 9.97 Å². The molecule has 6 rings (SSSR count). The number of benzene rings is 5. The lowest BCUT2D eigenvalue weighted by Crippen LogP contribution is -1.92. The Morgan fingerprint density at radius 3 is 2.13 bits per heavy atom. The van der Waals surface area contributed by atoms with Crippen LogP contribution >= 0.6 is 31.9 Å². The number of phenolic OH excluding ortho intramolecular Hbond substituents is 1. The molecule has 5 heteroatoms. The molecule has 0 saturated carbocycles. The van der Waals surface area contributed by atoms with Crippen molar-refractivity contribution in [3.05, 3.63) is 87.8 Å². The summed E-state index contributed by atoms with van der Waals surface area (Å²) in [6, 6.07) is 25.9. The monoisotopic (exact) mass is 528 g/mol. The zero-order valence-corrected chi connectivity index (χ0v) is 19.3. The summed E-state index contributed by atoms with van der Waals surface area (Å²) in [4.78, 5) is 9.82. The van der Waals surface area contributed by atoms with Crippen molar-refractivity contribution in [2.45, 2.75) is 0 Å². The minimum Gasteiger partial charge on any atom is -0.507 e.